The van der Waals surface area contributed by atoms with Gasteiger partial charge in [0.05, 0.1) is 6.10 Å². The molecule has 1 aliphatic rings. The van der Waals surface area contributed by atoms with Gasteiger partial charge < -0.3 is 4.43 Å². The molecule has 128 valence electrons. The number of rotatable bonds is 7. The summed E-state index contributed by atoms with van der Waals surface area (Å²) < 4.78 is 8.04. The van der Waals surface area contributed by atoms with Gasteiger partial charge in [-0.1, -0.05) is 109 Å². The normalized spacial score (nSPS) is 22.6. The van der Waals surface area contributed by atoms with Gasteiger partial charge in [-0.15, -0.1) is 0 Å². The fraction of sp³-hybridized carbons (Fsp3) is 0.429. The van der Waals surface area contributed by atoms with Gasteiger partial charge in [-0.3, -0.25) is 0 Å². The Labute approximate surface area is 161 Å². The summed E-state index contributed by atoms with van der Waals surface area (Å²) in [5, 5.41) is 2.90. The third kappa shape index (κ3) is 3.63. The van der Waals surface area contributed by atoms with Crippen LogP contribution in [0.1, 0.15) is 39.0 Å². The number of hydrogen-bond acceptors (Lipinski definition) is 1. The van der Waals surface area contributed by atoms with Gasteiger partial charge in [0.15, 0.2) is 0 Å². The van der Waals surface area contributed by atoms with Gasteiger partial charge in [-0.25, -0.2) is 0 Å². The van der Waals surface area contributed by atoms with E-state index in [9.17, 15) is 0 Å². The Hall–Kier alpha value is -0.653. The summed E-state index contributed by atoms with van der Waals surface area (Å²) in [6.45, 7) is 2.29. The lowest BCUT2D eigenvalue weighted by Crippen LogP contribution is -2.61. The van der Waals surface area contributed by atoms with Gasteiger partial charge in [0.1, 0.15) is 0 Å². The van der Waals surface area contributed by atoms with E-state index in [1.807, 2.05) is 0 Å². The molecule has 1 unspecified atom stereocenters. The molecule has 3 heteroatoms. The van der Waals surface area contributed by atoms with Crippen LogP contribution in [0.4, 0.5) is 0 Å². The number of alkyl halides is 1. The van der Waals surface area contributed by atoms with Gasteiger partial charge in [0, 0.05) is 4.43 Å². The summed E-state index contributed by atoms with van der Waals surface area (Å²) in [7, 11) is -2.15. The fourth-order valence-electron chi connectivity index (χ4n) is 4.09. The molecular weight excluding hydrogens is 423 g/mol. The highest BCUT2D eigenvalue weighted by Gasteiger charge is 2.53. The molecule has 0 aromatic heterocycles. The van der Waals surface area contributed by atoms with E-state index in [0.717, 1.165) is 4.43 Å². The van der Waals surface area contributed by atoms with Crippen molar-refractivity contribution in [1.29, 1.82) is 0 Å². The van der Waals surface area contributed by atoms with Crippen molar-refractivity contribution < 1.29 is 4.43 Å². The van der Waals surface area contributed by atoms with Gasteiger partial charge in [0.25, 0.3) is 8.32 Å². The molecule has 0 saturated carbocycles. The first kappa shape index (κ1) is 18.1. The predicted molar refractivity (Wildman–Crippen MR) is 114 cm³/mol. The second-order valence-electron chi connectivity index (χ2n) is 6.79. The molecule has 2 aromatic carbocycles. The molecule has 0 bridgehead atoms. The van der Waals surface area contributed by atoms with E-state index in [1.165, 1.54) is 42.5 Å². The average molecular weight is 450 g/mol. The zero-order valence-corrected chi connectivity index (χ0v) is 17.6. The molecule has 1 fully saturated rings. The molecular formula is C21H27IOSi. The first-order valence-corrected chi connectivity index (χ1v) is 12.7. The van der Waals surface area contributed by atoms with Crippen LogP contribution in [0, 0.1) is 0 Å². The second-order valence-corrected chi connectivity index (χ2v) is 11.3. The topological polar surface area (TPSA) is 9.23 Å². The van der Waals surface area contributed by atoms with E-state index in [1.54, 1.807) is 0 Å². The molecule has 1 nitrogen and oxygen atoms in total. The fourth-order valence-corrected chi connectivity index (χ4v) is 10.00. The number of benzene rings is 2. The van der Waals surface area contributed by atoms with E-state index in [-0.39, 0.29) is 0 Å². The third-order valence-corrected chi connectivity index (χ3v) is 11.0. The quantitative estimate of drug-likeness (QED) is 0.252. The van der Waals surface area contributed by atoms with Crippen molar-refractivity contribution in [1.82, 2.24) is 0 Å². The van der Waals surface area contributed by atoms with Crippen molar-refractivity contribution in [2.45, 2.75) is 50.7 Å². The van der Waals surface area contributed by atoms with Crippen molar-refractivity contribution in [3.8, 4) is 0 Å². The molecule has 1 aliphatic heterocycles. The van der Waals surface area contributed by atoms with E-state index >= 15 is 0 Å². The maximum Gasteiger partial charge on any atom is 0.259 e. The lowest BCUT2D eigenvalue weighted by atomic mass is 10.1. The van der Waals surface area contributed by atoms with Crippen molar-refractivity contribution in [2.75, 3.05) is 4.43 Å². The average Bonchev–Trinajstić information content (AvgIpc) is 3.03. The van der Waals surface area contributed by atoms with Crippen LogP contribution < -0.4 is 10.4 Å². The summed E-state index contributed by atoms with van der Waals surface area (Å²) in [5.41, 5.74) is 0.689. The molecule has 0 amide bonds. The largest absolute Gasteiger partial charge is 0.404 e. The van der Waals surface area contributed by atoms with Crippen LogP contribution in [-0.4, -0.2) is 18.8 Å². The molecule has 3 rings (SSSR count). The minimum absolute atomic E-state index is 0.407. The Morgan fingerprint density at radius 3 is 2.04 bits per heavy atom. The Bertz CT molecular complexity index is 577. The summed E-state index contributed by atoms with van der Waals surface area (Å²) in [5.74, 6) is 0. The minimum Gasteiger partial charge on any atom is -0.404 e. The highest BCUT2D eigenvalue weighted by molar-refractivity contribution is 14.1. The van der Waals surface area contributed by atoms with Crippen LogP contribution in [0.3, 0.4) is 0 Å². The standard InChI is InChI=1S/C21H27IOSi/c1-2-3-6-15-21-16-18(17-22)23-24(21,19-11-7-4-8-12-19)20-13-9-5-10-14-20/h4-5,7-14,18,21H,2-3,6,15-17H2,1H3/t18-,21?/m0/s1. The van der Waals surface area contributed by atoms with Crippen molar-refractivity contribution in [3.63, 3.8) is 0 Å². The SMILES string of the molecule is CCCCCC1C[C@@H](CI)O[Si]1(c1ccccc1)c1ccccc1. The molecule has 1 heterocycles. The Morgan fingerprint density at radius 1 is 0.958 bits per heavy atom. The maximum atomic E-state index is 6.95. The molecule has 0 radical (unpaired) electrons. The van der Waals surface area contributed by atoms with Crippen LogP contribution in [-0.2, 0) is 4.43 Å². The van der Waals surface area contributed by atoms with E-state index in [0.29, 0.717) is 11.6 Å². The highest BCUT2D eigenvalue weighted by Crippen LogP contribution is 2.41. The molecule has 24 heavy (non-hydrogen) atoms. The van der Waals surface area contributed by atoms with E-state index < -0.39 is 8.32 Å². The van der Waals surface area contributed by atoms with Gasteiger partial charge in [0.2, 0.25) is 0 Å². The molecule has 0 N–H and O–H groups in total. The Morgan fingerprint density at radius 2 is 1.54 bits per heavy atom. The van der Waals surface area contributed by atoms with Crippen LogP contribution in [0.2, 0.25) is 5.54 Å². The lowest BCUT2D eigenvalue weighted by Gasteiger charge is -2.33. The first-order valence-electron chi connectivity index (χ1n) is 9.16. The van der Waals surface area contributed by atoms with Crippen LogP contribution in [0.5, 0.6) is 0 Å². The summed E-state index contributed by atoms with van der Waals surface area (Å²) >= 11 is 2.50. The second kappa shape index (κ2) is 8.63. The number of halogens is 1. The van der Waals surface area contributed by atoms with Gasteiger partial charge >= 0.3 is 0 Å². The van der Waals surface area contributed by atoms with Crippen LogP contribution in [0.25, 0.3) is 0 Å². The summed E-state index contributed by atoms with van der Waals surface area (Å²) in [6, 6.07) is 22.2. The van der Waals surface area contributed by atoms with Crippen molar-refractivity contribution in [2.24, 2.45) is 0 Å². The predicted octanol–water partition coefficient (Wildman–Crippen LogP) is 4.92. The van der Waals surface area contributed by atoms with Crippen molar-refractivity contribution >= 4 is 41.3 Å². The summed E-state index contributed by atoms with van der Waals surface area (Å²) in [4.78, 5) is 0. The van der Waals surface area contributed by atoms with Gasteiger partial charge in [-0.05, 0) is 28.8 Å². The summed E-state index contributed by atoms with van der Waals surface area (Å²) in [6.07, 6.45) is 6.88. The number of unbranched alkanes of at least 4 members (excludes halogenated alkanes) is 2. The van der Waals surface area contributed by atoms with E-state index in [2.05, 4.69) is 90.2 Å². The van der Waals surface area contributed by atoms with E-state index in [4.69, 9.17) is 4.43 Å². The zero-order chi connectivity index (χ0) is 16.8. The van der Waals surface area contributed by atoms with Crippen molar-refractivity contribution in [3.05, 3.63) is 60.7 Å². The lowest BCUT2D eigenvalue weighted by molar-refractivity contribution is 0.258. The number of hydrogen-bond donors (Lipinski definition) is 0. The molecule has 0 aliphatic carbocycles. The Kier molecular flexibility index (Phi) is 6.53. The monoisotopic (exact) mass is 450 g/mol. The van der Waals surface area contributed by atoms with Gasteiger partial charge in [-0.2, -0.15) is 0 Å². The molecule has 2 atom stereocenters. The molecule has 2 aromatic rings. The zero-order valence-electron chi connectivity index (χ0n) is 14.5. The third-order valence-electron chi connectivity index (χ3n) is 5.21. The highest BCUT2D eigenvalue weighted by atomic mass is 127. The molecule has 0 spiro atoms. The van der Waals surface area contributed by atoms with Crippen LogP contribution in [0.15, 0.2) is 60.7 Å². The Balaban J connectivity index is 2.04. The van der Waals surface area contributed by atoms with Crippen LogP contribution >= 0.6 is 22.6 Å². The molecule has 1 saturated heterocycles. The maximum absolute atomic E-state index is 6.95. The first-order chi connectivity index (χ1) is 11.8. The minimum atomic E-state index is -2.15. The smallest absolute Gasteiger partial charge is 0.259 e.